The first-order chi connectivity index (χ1) is 18.3. The van der Waals surface area contributed by atoms with Crippen LogP contribution in [-0.4, -0.2) is 49.3 Å². The predicted molar refractivity (Wildman–Crippen MR) is 140 cm³/mol. The van der Waals surface area contributed by atoms with Crippen LogP contribution in [0.5, 0.6) is 0 Å². The molecule has 0 atom stereocenters. The van der Waals surface area contributed by atoms with Gasteiger partial charge >= 0.3 is 0 Å². The Bertz CT molecular complexity index is 1770. The van der Waals surface area contributed by atoms with Gasteiger partial charge in [-0.2, -0.15) is 18.5 Å². The molecule has 11 nitrogen and oxygen atoms in total. The highest BCUT2D eigenvalue weighted by atomic mass is 32.2. The molecule has 5 rings (SSSR count). The van der Waals surface area contributed by atoms with Crippen molar-refractivity contribution in [1.29, 1.82) is 0 Å². The van der Waals surface area contributed by atoms with Crippen LogP contribution in [-0.2, 0) is 23.1 Å². The van der Waals surface area contributed by atoms with Crippen LogP contribution in [0.2, 0.25) is 0 Å². The molecule has 0 saturated heterocycles. The summed E-state index contributed by atoms with van der Waals surface area (Å²) in [5.74, 6) is -0.214. The van der Waals surface area contributed by atoms with Crippen LogP contribution in [0.4, 0.5) is 0 Å². The topological polar surface area (TPSA) is 156 Å². The molecule has 0 radical (unpaired) electrons. The molecule has 0 saturated carbocycles. The molecule has 2 N–H and O–H groups in total. The van der Waals surface area contributed by atoms with Crippen molar-refractivity contribution in [3.05, 3.63) is 93.7 Å². The lowest BCUT2D eigenvalue weighted by Crippen LogP contribution is -2.20. The van der Waals surface area contributed by atoms with E-state index in [1.807, 2.05) is 55.5 Å². The zero-order valence-corrected chi connectivity index (χ0v) is 21.6. The number of tetrazole rings is 1. The minimum Gasteiger partial charge on any atom is -0.282 e. The molecule has 13 heteroatoms. The molecule has 3 aromatic carbocycles. The normalized spacial score (nSPS) is 12.1. The van der Waals surface area contributed by atoms with Gasteiger partial charge in [0.25, 0.3) is 16.0 Å². The SMILES string of the molecule is CCc1nn(Cc2ccc(-c3ccccc3-c3nnn[nH]3)cc2)c(=NC(=O)c2ccccc2S(=O)(=O)O)s1. The Labute approximate surface area is 221 Å². The number of carbonyl (C=O) groups is 1. The summed E-state index contributed by atoms with van der Waals surface area (Å²) in [6.07, 6.45) is 0.641. The molecule has 0 aliphatic rings. The molecule has 1 amide bonds. The number of nitrogens with one attached hydrogen (secondary N) is 1. The molecular weight excluding hydrogens is 526 g/mol. The van der Waals surface area contributed by atoms with E-state index in [2.05, 4.69) is 30.7 Å². The van der Waals surface area contributed by atoms with Crippen molar-refractivity contribution in [2.45, 2.75) is 24.8 Å². The van der Waals surface area contributed by atoms with Crippen molar-refractivity contribution in [2.75, 3.05) is 0 Å². The van der Waals surface area contributed by atoms with E-state index in [9.17, 15) is 17.8 Å². The molecule has 38 heavy (non-hydrogen) atoms. The molecule has 0 fully saturated rings. The summed E-state index contributed by atoms with van der Waals surface area (Å²) in [5.41, 5.74) is 3.52. The van der Waals surface area contributed by atoms with Crippen molar-refractivity contribution >= 4 is 27.4 Å². The fourth-order valence-corrected chi connectivity index (χ4v) is 5.39. The van der Waals surface area contributed by atoms with Crippen molar-refractivity contribution in [1.82, 2.24) is 30.4 Å². The van der Waals surface area contributed by atoms with Gasteiger partial charge in [-0.25, -0.2) is 9.78 Å². The number of aromatic amines is 1. The van der Waals surface area contributed by atoms with Gasteiger partial charge in [-0.15, -0.1) is 5.10 Å². The maximum atomic E-state index is 12.9. The summed E-state index contributed by atoms with van der Waals surface area (Å²) in [7, 11) is -4.59. The Balaban J connectivity index is 1.46. The maximum absolute atomic E-state index is 12.9. The molecular formula is C25H21N7O4S2. The van der Waals surface area contributed by atoms with Crippen molar-refractivity contribution in [3.63, 3.8) is 0 Å². The van der Waals surface area contributed by atoms with Crippen LogP contribution >= 0.6 is 11.3 Å². The Morgan fingerprint density at radius 1 is 1.03 bits per heavy atom. The van der Waals surface area contributed by atoms with Gasteiger partial charge in [0.1, 0.15) is 9.90 Å². The molecule has 192 valence electrons. The Morgan fingerprint density at radius 3 is 2.42 bits per heavy atom. The summed E-state index contributed by atoms with van der Waals surface area (Å²) in [4.78, 5) is 16.9. The van der Waals surface area contributed by atoms with E-state index in [1.54, 1.807) is 4.68 Å². The molecule has 2 aromatic heterocycles. The molecule has 0 spiro atoms. The van der Waals surface area contributed by atoms with E-state index < -0.39 is 20.9 Å². The van der Waals surface area contributed by atoms with E-state index in [0.717, 1.165) is 33.3 Å². The second-order valence-corrected chi connectivity index (χ2v) is 10.6. The average molecular weight is 548 g/mol. The summed E-state index contributed by atoms with van der Waals surface area (Å²) >= 11 is 1.25. The van der Waals surface area contributed by atoms with E-state index in [-0.39, 0.29) is 5.56 Å². The van der Waals surface area contributed by atoms with Crippen LogP contribution in [0.25, 0.3) is 22.5 Å². The Kier molecular flexibility index (Phi) is 7.05. The molecule has 5 aromatic rings. The fraction of sp³-hybridized carbons (Fsp3) is 0.120. The van der Waals surface area contributed by atoms with Crippen molar-refractivity contribution in [3.8, 4) is 22.5 Å². The number of rotatable bonds is 7. The zero-order valence-electron chi connectivity index (χ0n) is 20.0. The number of aryl methyl sites for hydroxylation is 1. The quantitative estimate of drug-likeness (QED) is 0.294. The Morgan fingerprint density at radius 2 is 1.74 bits per heavy atom. The summed E-state index contributed by atoms with van der Waals surface area (Å²) in [6, 6.07) is 21.1. The van der Waals surface area contributed by atoms with Crippen LogP contribution in [0.3, 0.4) is 0 Å². The first kappa shape index (κ1) is 25.3. The summed E-state index contributed by atoms with van der Waals surface area (Å²) in [6.45, 7) is 2.29. The number of hydrogen-bond donors (Lipinski definition) is 2. The molecule has 0 unspecified atom stereocenters. The van der Waals surface area contributed by atoms with E-state index in [0.29, 0.717) is 23.6 Å². The van der Waals surface area contributed by atoms with E-state index in [1.165, 1.54) is 29.5 Å². The molecule has 0 aliphatic carbocycles. The molecule has 2 heterocycles. The third kappa shape index (κ3) is 5.34. The van der Waals surface area contributed by atoms with Gasteiger partial charge in [0.15, 0.2) is 5.82 Å². The lowest BCUT2D eigenvalue weighted by molar-refractivity contribution is 0.0994. The maximum Gasteiger partial charge on any atom is 0.295 e. The highest BCUT2D eigenvalue weighted by Gasteiger charge is 2.20. The monoisotopic (exact) mass is 547 g/mol. The number of benzene rings is 3. The predicted octanol–water partition coefficient (Wildman–Crippen LogP) is 3.39. The number of H-pyrrole nitrogens is 1. The third-order valence-electron chi connectivity index (χ3n) is 5.68. The number of aromatic nitrogens is 6. The first-order valence-electron chi connectivity index (χ1n) is 11.5. The van der Waals surface area contributed by atoms with Crippen LogP contribution < -0.4 is 4.80 Å². The zero-order chi connectivity index (χ0) is 26.7. The van der Waals surface area contributed by atoms with Crippen LogP contribution in [0.15, 0.2) is 82.7 Å². The van der Waals surface area contributed by atoms with Crippen LogP contribution in [0, 0.1) is 0 Å². The number of carbonyl (C=O) groups excluding carboxylic acids is 1. The van der Waals surface area contributed by atoms with Gasteiger partial charge in [0, 0.05) is 5.56 Å². The summed E-state index contributed by atoms with van der Waals surface area (Å²) in [5, 5.41) is 19.5. The molecule has 0 aliphatic heterocycles. The standard InChI is InChI=1S/C25H21N7O4S2/c1-2-22-29-32(25(37-22)26-24(33)20-9-5-6-10-21(20)38(34,35)36)15-16-11-13-17(14-12-16)18-7-3-4-8-19(18)23-27-30-31-28-23/h3-14H,2,15H2,1H3,(H,34,35,36)(H,27,28,30,31). The fourth-order valence-electron chi connectivity index (χ4n) is 3.87. The van der Waals surface area contributed by atoms with Crippen molar-refractivity contribution in [2.24, 2.45) is 4.99 Å². The minimum absolute atomic E-state index is 0.210. The number of nitrogens with zero attached hydrogens (tertiary/aromatic N) is 6. The van der Waals surface area contributed by atoms with Gasteiger partial charge in [-0.05, 0) is 45.7 Å². The second-order valence-electron chi connectivity index (χ2n) is 8.17. The van der Waals surface area contributed by atoms with Gasteiger partial charge in [-0.1, -0.05) is 78.9 Å². The molecule has 0 bridgehead atoms. The van der Waals surface area contributed by atoms with Gasteiger partial charge in [0.2, 0.25) is 4.80 Å². The Hall–Kier alpha value is -4.33. The number of amides is 1. The third-order valence-corrected chi connectivity index (χ3v) is 7.68. The summed E-state index contributed by atoms with van der Waals surface area (Å²) < 4.78 is 34.6. The van der Waals surface area contributed by atoms with Gasteiger partial charge < -0.3 is 0 Å². The average Bonchev–Trinajstić information content (AvgIpc) is 3.59. The largest absolute Gasteiger partial charge is 0.295 e. The van der Waals surface area contributed by atoms with Gasteiger partial charge in [-0.3, -0.25) is 9.35 Å². The van der Waals surface area contributed by atoms with E-state index >= 15 is 0 Å². The highest BCUT2D eigenvalue weighted by Crippen LogP contribution is 2.29. The van der Waals surface area contributed by atoms with E-state index in [4.69, 9.17) is 0 Å². The second kappa shape index (κ2) is 10.6. The minimum atomic E-state index is -4.59. The first-order valence-corrected chi connectivity index (χ1v) is 13.7. The lowest BCUT2D eigenvalue weighted by Gasteiger charge is -2.08. The smallest absolute Gasteiger partial charge is 0.282 e. The van der Waals surface area contributed by atoms with Crippen LogP contribution in [0.1, 0.15) is 27.9 Å². The highest BCUT2D eigenvalue weighted by molar-refractivity contribution is 7.86. The number of hydrogen-bond acceptors (Lipinski definition) is 8. The van der Waals surface area contributed by atoms with Crippen molar-refractivity contribution < 1.29 is 17.8 Å². The lowest BCUT2D eigenvalue weighted by atomic mass is 9.98. The van der Waals surface area contributed by atoms with Gasteiger partial charge in [0.05, 0.1) is 12.1 Å².